The Morgan fingerprint density at radius 2 is 2.11 bits per heavy atom. The van der Waals surface area contributed by atoms with E-state index in [1.54, 1.807) is 0 Å². The average molecular weight is 370 g/mol. The number of piperidine rings is 1. The third-order valence-electron chi connectivity index (χ3n) is 6.46. The predicted octanol–water partition coefficient (Wildman–Crippen LogP) is 3.45. The molecule has 0 saturated carbocycles. The van der Waals surface area contributed by atoms with Crippen molar-refractivity contribution in [1.82, 2.24) is 14.5 Å². The highest BCUT2D eigenvalue weighted by molar-refractivity contribution is 5.51. The van der Waals surface area contributed by atoms with Crippen LogP contribution in [0.25, 0.3) is 6.08 Å². The van der Waals surface area contributed by atoms with Gasteiger partial charge in [0.1, 0.15) is 0 Å². The molecule has 2 saturated heterocycles. The fourth-order valence-electron chi connectivity index (χ4n) is 4.95. The Balaban J connectivity index is 1.41. The van der Waals surface area contributed by atoms with E-state index in [1.807, 2.05) is 10.6 Å². The van der Waals surface area contributed by atoms with Crippen LogP contribution in [-0.4, -0.2) is 46.3 Å². The van der Waals surface area contributed by atoms with Gasteiger partial charge in [-0.15, -0.1) is 0 Å². The van der Waals surface area contributed by atoms with Gasteiger partial charge in [0, 0.05) is 37.5 Å². The van der Waals surface area contributed by atoms with Crippen molar-refractivity contribution >= 4 is 6.08 Å². The molecule has 3 heterocycles. The van der Waals surface area contributed by atoms with Gasteiger partial charge >= 0.3 is 5.69 Å². The Bertz CT molecular complexity index is 793. The number of hydrogen-bond donors (Lipinski definition) is 1. The first-order valence-corrected chi connectivity index (χ1v) is 10.4. The zero-order valence-electron chi connectivity index (χ0n) is 16.3. The number of aromatic amines is 1. The molecule has 0 bridgehead atoms. The van der Waals surface area contributed by atoms with Crippen LogP contribution in [0.3, 0.4) is 0 Å². The summed E-state index contributed by atoms with van der Waals surface area (Å²) < 4.78 is 8.00. The Labute approximate surface area is 161 Å². The molecule has 0 amide bonds. The Morgan fingerprint density at radius 3 is 2.85 bits per heavy atom. The van der Waals surface area contributed by atoms with Gasteiger partial charge in [-0.3, -0.25) is 4.57 Å². The van der Waals surface area contributed by atoms with Crippen molar-refractivity contribution in [1.29, 1.82) is 0 Å². The molecule has 1 N–H and O–H groups in total. The number of hydrogen-bond acceptors (Lipinski definition) is 3. The Morgan fingerprint density at radius 1 is 1.30 bits per heavy atom. The summed E-state index contributed by atoms with van der Waals surface area (Å²) in [6.07, 6.45) is 14.7. The summed E-state index contributed by atoms with van der Waals surface area (Å²) in [5, 5.41) is 0. The molecule has 1 aliphatic carbocycles. The van der Waals surface area contributed by atoms with E-state index < -0.39 is 0 Å². The molecular weight excluding hydrogens is 338 g/mol. The lowest BCUT2D eigenvalue weighted by atomic mass is 9.93. The molecule has 0 aromatic carbocycles. The number of allylic oxidation sites excluding steroid dienone is 2. The smallest absolute Gasteiger partial charge is 0.326 e. The first-order valence-electron chi connectivity index (χ1n) is 10.4. The minimum absolute atomic E-state index is 0.0693. The third kappa shape index (κ3) is 3.63. The van der Waals surface area contributed by atoms with Gasteiger partial charge < -0.3 is 14.6 Å². The monoisotopic (exact) mass is 369 g/mol. The number of imidazole rings is 1. The van der Waals surface area contributed by atoms with E-state index in [9.17, 15) is 4.79 Å². The summed E-state index contributed by atoms with van der Waals surface area (Å²) in [5.74, 6) is 0. The maximum absolute atomic E-state index is 12.5. The zero-order valence-corrected chi connectivity index (χ0v) is 16.3. The van der Waals surface area contributed by atoms with Gasteiger partial charge in [-0.1, -0.05) is 24.8 Å². The highest BCUT2D eigenvalue weighted by Gasteiger charge is 2.32. The summed E-state index contributed by atoms with van der Waals surface area (Å²) in [7, 11) is 0. The van der Waals surface area contributed by atoms with E-state index in [0.29, 0.717) is 12.1 Å². The van der Waals surface area contributed by atoms with Crippen molar-refractivity contribution in [3.8, 4) is 0 Å². The van der Waals surface area contributed by atoms with Crippen LogP contribution in [0.1, 0.15) is 56.5 Å². The van der Waals surface area contributed by atoms with Gasteiger partial charge in [0.15, 0.2) is 0 Å². The maximum atomic E-state index is 12.5. The van der Waals surface area contributed by atoms with Crippen LogP contribution < -0.4 is 5.69 Å². The van der Waals surface area contributed by atoms with Gasteiger partial charge in [-0.25, -0.2) is 4.79 Å². The van der Waals surface area contributed by atoms with Crippen molar-refractivity contribution < 1.29 is 4.74 Å². The van der Waals surface area contributed by atoms with Crippen LogP contribution in [0.15, 0.2) is 35.2 Å². The highest BCUT2D eigenvalue weighted by Crippen LogP contribution is 2.31. The Kier molecular flexibility index (Phi) is 5.50. The molecule has 0 unspecified atom stereocenters. The molecule has 2 fully saturated rings. The second kappa shape index (κ2) is 8.03. The summed E-state index contributed by atoms with van der Waals surface area (Å²) in [6, 6.07) is 0.878. The van der Waals surface area contributed by atoms with Crippen molar-refractivity contribution in [2.45, 2.75) is 63.6 Å². The van der Waals surface area contributed by atoms with E-state index in [0.717, 1.165) is 69.6 Å². The van der Waals surface area contributed by atoms with Crippen LogP contribution in [0, 0.1) is 0 Å². The van der Waals surface area contributed by atoms with Crippen molar-refractivity contribution in [3.63, 3.8) is 0 Å². The fraction of sp³-hybridized carbons (Fsp3) is 0.591. The van der Waals surface area contributed by atoms with Crippen LogP contribution >= 0.6 is 0 Å². The van der Waals surface area contributed by atoms with E-state index in [-0.39, 0.29) is 11.8 Å². The lowest BCUT2D eigenvalue weighted by molar-refractivity contribution is -0.0150. The Hall–Kier alpha value is -1.85. The molecule has 146 valence electrons. The average Bonchev–Trinajstić information content (AvgIpc) is 3.05. The standard InChI is InChI=1S/C22H31N3O2/c1-3-16(4-2)21-15-18(11-14-27-21)24-12-9-17(10-13-24)25-20-8-6-5-7-19(20)23-22(25)26/h3-4,6,8,17-18,21H,1,5,7,9-15H2,2H3,(H,23,26)/b16-4+/t18-,21+/m0/s1. The predicted molar refractivity (Wildman–Crippen MR) is 109 cm³/mol. The van der Waals surface area contributed by atoms with Gasteiger partial charge in [-0.05, 0) is 57.1 Å². The van der Waals surface area contributed by atoms with Crippen molar-refractivity contribution in [2.24, 2.45) is 0 Å². The van der Waals surface area contributed by atoms with E-state index in [2.05, 4.69) is 41.6 Å². The van der Waals surface area contributed by atoms with E-state index in [1.165, 1.54) is 5.57 Å². The van der Waals surface area contributed by atoms with E-state index in [4.69, 9.17) is 4.74 Å². The molecule has 1 aromatic rings. The molecule has 5 heteroatoms. The summed E-state index contributed by atoms with van der Waals surface area (Å²) in [6.45, 7) is 8.90. The van der Waals surface area contributed by atoms with Crippen LogP contribution in [-0.2, 0) is 11.2 Å². The second-order valence-corrected chi connectivity index (χ2v) is 7.90. The second-order valence-electron chi connectivity index (χ2n) is 7.90. The van der Waals surface area contributed by atoms with Gasteiger partial charge in [-0.2, -0.15) is 0 Å². The first kappa shape index (κ1) is 18.5. The first-order chi connectivity index (χ1) is 13.2. The maximum Gasteiger partial charge on any atom is 0.326 e. The number of ether oxygens (including phenoxy) is 1. The minimum Gasteiger partial charge on any atom is -0.373 e. The third-order valence-corrected chi connectivity index (χ3v) is 6.46. The number of nitrogens with one attached hydrogen (secondary N) is 1. The highest BCUT2D eigenvalue weighted by atomic mass is 16.5. The van der Waals surface area contributed by atoms with Crippen LogP contribution in [0.4, 0.5) is 0 Å². The number of aryl methyl sites for hydroxylation is 1. The zero-order chi connectivity index (χ0) is 18.8. The number of H-pyrrole nitrogens is 1. The summed E-state index contributed by atoms with van der Waals surface area (Å²) in [5.41, 5.74) is 3.49. The normalized spacial score (nSPS) is 27.5. The lowest BCUT2D eigenvalue weighted by Crippen LogP contribution is -2.47. The fourth-order valence-corrected chi connectivity index (χ4v) is 4.95. The SMILES string of the molecule is C=C/C(=C\C)[C@H]1C[C@@H](N2CCC(n3c4c([nH]c3=O)CCC=C4)CC2)CCO1. The van der Waals surface area contributed by atoms with Crippen LogP contribution in [0.5, 0.6) is 0 Å². The molecule has 4 rings (SSSR count). The van der Waals surface area contributed by atoms with Gasteiger partial charge in [0.2, 0.25) is 0 Å². The summed E-state index contributed by atoms with van der Waals surface area (Å²) in [4.78, 5) is 18.2. The van der Waals surface area contributed by atoms with Crippen molar-refractivity contribution in [3.05, 3.63) is 52.3 Å². The summed E-state index contributed by atoms with van der Waals surface area (Å²) >= 11 is 0. The largest absolute Gasteiger partial charge is 0.373 e. The van der Waals surface area contributed by atoms with E-state index >= 15 is 0 Å². The molecule has 3 aliphatic rings. The molecule has 0 spiro atoms. The van der Waals surface area contributed by atoms with Crippen molar-refractivity contribution in [2.75, 3.05) is 19.7 Å². The molecule has 2 aliphatic heterocycles. The number of fused-ring (bicyclic) bond motifs is 1. The number of likely N-dealkylation sites (tertiary alicyclic amines) is 1. The lowest BCUT2D eigenvalue weighted by Gasteiger charge is -2.41. The van der Waals surface area contributed by atoms with Gasteiger partial charge in [0.25, 0.3) is 0 Å². The number of aromatic nitrogens is 2. The molecule has 0 radical (unpaired) electrons. The number of rotatable bonds is 4. The molecule has 27 heavy (non-hydrogen) atoms. The molecule has 5 nitrogen and oxygen atoms in total. The van der Waals surface area contributed by atoms with Crippen LogP contribution in [0.2, 0.25) is 0 Å². The van der Waals surface area contributed by atoms with Gasteiger partial charge in [0.05, 0.1) is 11.8 Å². The quantitative estimate of drug-likeness (QED) is 0.827. The topological polar surface area (TPSA) is 50.3 Å². The molecule has 2 atom stereocenters. The minimum atomic E-state index is 0.0693. The molecule has 1 aromatic heterocycles. The molecular formula is C22H31N3O2. The number of nitrogens with zero attached hydrogens (tertiary/aromatic N) is 2.